The van der Waals surface area contributed by atoms with E-state index in [0.29, 0.717) is 31.1 Å². The zero-order valence-electron chi connectivity index (χ0n) is 24.6. The maximum Gasteiger partial charge on any atom is 0.337 e. The van der Waals surface area contributed by atoms with E-state index >= 15 is 0 Å². The molecule has 2 amide bonds. The van der Waals surface area contributed by atoms with Crippen molar-refractivity contribution in [2.45, 2.75) is 38.0 Å². The van der Waals surface area contributed by atoms with Gasteiger partial charge in [0.05, 0.1) is 25.8 Å². The SMILES string of the molecule is C=O.CNNC(=O)CCc1ccc(NC2CNC2)cc1C(=O)NC(C)c1cccc(-c2cccs2)c1.COC(=O)C1CO1. The van der Waals surface area contributed by atoms with Gasteiger partial charge in [-0.2, -0.15) is 0 Å². The number of hydrazine groups is 1. The first-order valence-electron chi connectivity index (χ1n) is 13.9. The van der Waals surface area contributed by atoms with Gasteiger partial charge < -0.3 is 30.2 Å². The molecular formula is C31H39N5O6S. The van der Waals surface area contributed by atoms with Gasteiger partial charge in [0, 0.05) is 42.7 Å². The van der Waals surface area contributed by atoms with E-state index in [1.165, 1.54) is 12.0 Å². The van der Waals surface area contributed by atoms with Crippen LogP contribution in [-0.2, 0) is 30.3 Å². The lowest BCUT2D eigenvalue weighted by Gasteiger charge is -2.29. The molecule has 2 fully saturated rings. The summed E-state index contributed by atoms with van der Waals surface area (Å²) in [5, 5.41) is 11.9. The van der Waals surface area contributed by atoms with Crippen molar-refractivity contribution < 1.29 is 28.7 Å². The molecule has 0 spiro atoms. The molecule has 43 heavy (non-hydrogen) atoms. The first-order chi connectivity index (χ1) is 20.9. The van der Waals surface area contributed by atoms with Gasteiger partial charge in [0.1, 0.15) is 6.79 Å². The number of epoxide rings is 1. The lowest BCUT2D eigenvalue weighted by atomic mass is 9.99. The molecule has 230 valence electrons. The fraction of sp³-hybridized carbons (Fsp3) is 0.355. The number of amides is 2. The molecule has 12 heteroatoms. The molecule has 0 radical (unpaired) electrons. The van der Waals surface area contributed by atoms with Gasteiger partial charge in [-0.3, -0.25) is 15.0 Å². The van der Waals surface area contributed by atoms with Crippen molar-refractivity contribution >= 4 is 41.6 Å². The molecule has 2 saturated heterocycles. The molecule has 0 bridgehead atoms. The summed E-state index contributed by atoms with van der Waals surface area (Å²) in [5.41, 5.74) is 9.77. The van der Waals surface area contributed by atoms with Crippen LogP contribution < -0.4 is 26.8 Å². The van der Waals surface area contributed by atoms with Crippen molar-refractivity contribution in [2.75, 3.05) is 39.2 Å². The zero-order chi connectivity index (χ0) is 31.2. The van der Waals surface area contributed by atoms with E-state index in [9.17, 15) is 14.4 Å². The van der Waals surface area contributed by atoms with Crippen LogP contribution in [0, 0.1) is 0 Å². The highest BCUT2D eigenvalue weighted by atomic mass is 32.1. The second-order valence-corrected chi connectivity index (χ2v) is 10.8. The average molecular weight is 610 g/mol. The molecule has 2 atom stereocenters. The molecule has 2 aliphatic heterocycles. The number of thiophene rings is 1. The molecule has 3 heterocycles. The summed E-state index contributed by atoms with van der Waals surface area (Å²) in [6.45, 7) is 6.34. The van der Waals surface area contributed by atoms with Gasteiger partial charge in [0.25, 0.3) is 5.91 Å². The Morgan fingerprint density at radius 3 is 2.47 bits per heavy atom. The minimum atomic E-state index is -0.264. The summed E-state index contributed by atoms with van der Waals surface area (Å²) in [7, 11) is 3.01. The summed E-state index contributed by atoms with van der Waals surface area (Å²) in [6.07, 6.45) is 0.521. The van der Waals surface area contributed by atoms with E-state index in [1.807, 2.05) is 50.1 Å². The molecule has 2 aromatic carbocycles. The van der Waals surface area contributed by atoms with Crippen LogP contribution in [0.2, 0.25) is 0 Å². The highest BCUT2D eigenvalue weighted by Crippen LogP contribution is 2.27. The largest absolute Gasteiger partial charge is 0.467 e. The van der Waals surface area contributed by atoms with Crippen LogP contribution in [0.15, 0.2) is 60.0 Å². The molecular weight excluding hydrogens is 570 g/mol. The monoisotopic (exact) mass is 609 g/mol. The Morgan fingerprint density at radius 1 is 1.12 bits per heavy atom. The van der Waals surface area contributed by atoms with Gasteiger partial charge in [-0.25, -0.2) is 10.2 Å². The predicted octanol–water partition coefficient (Wildman–Crippen LogP) is 2.85. The summed E-state index contributed by atoms with van der Waals surface area (Å²) >= 11 is 1.70. The van der Waals surface area contributed by atoms with E-state index in [-0.39, 0.29) is 29.9 Å². The number of hydrogen-bond acceptors (Lipinski definition) is 10. The Labute approximate surface area is 255 Å². The number of anilines is 1. The molecule has 0 aliphatic carbocycles. The molecule has 1 aromatic heterocycles. The van der Waals surface area contributed by atoms with E-state index < -0.39 is 0 Å². The summed E-state index contributed by atoms with van der Waals surface area (Å²) in [5.74, 6) is -0.524. The molecule has 0 saturated carbocycles. The second-order valence-electron chi connectivity index (χ2n) is 9.81. The third-order valence-corrected chi connectivity index (χ3v) is 7.65. The number of carbonyl (C=O) groups excluding carboxylic acids is 4. The minimum absolute atomic E-state index is 0.115. The Bertz CT molecular complexity index is 1340. The second kappa shape index (κ2) is 17.1. The van der Waals surface area contributed by atoms with Crippen LogP contribution in [-0.4, -0.2) is 70.6 Å². The summed E-state index contributed by atoms with van der Waals surface area (Å²) in [6, 6.07) is 18.4. The zero-order valence-corrected chi connectivity index (χ0v) is 25.4. The van der Waals surface area contributed by atoms with Gasteiger partial charge in [-0.05, 0) is 59.7 Å². The Balaban J connectivity index is 0.000000487. The highest BCUT2D eigenvalue weighted by Gasteiger charge is 2.32. The maximum atomic E-state index is 13.4. The van der Waals surface area contributed by atoms with E-state index in [0.717, 1.165) is 35.5 Å². The normalized spacial score (nSPS) is 15.7. The third-order valence-electron chi connectivity index (χ3n) is 6.73. The number of rotatable bonds is 11. The molecule has 5 N–H and O–H groups in total. The van der Waals surface area contributed by atoms with Gasteiger partial charge in [-0.1, -0.05) is 30.3 Å². The molecule has 2 aliphatic rings. The standard InChI is InChI=1S/C26H31N5O2S.C4H6O3.CH2O/c1-17(19-5-3-6-20(13-19)24-7-4-12-34-24)29-26(33)23-14-21(30-22-15-28-16-22)10-8-18(23)9-11-25(32)31-27-2;1-6-4(5)3-2-7-3;1-2/h3-8,10,12-14,17,22,27-28,30H,9,11,15-16H2,1-2H3,(H,29,33)(H,31,32);3H,2H2,1H3;1H2. The topological polar surface area (TPSA) is 150 Å². The number of carbonyl (C=O) groups is 4. The van der Waals surface area contributed by atoms with Crippen molar-refractivity contribution in [1.82, 2.24) is 21.5 Å². The number of ether oxygens (including phenoxy) is 2. The van der Waals surface area contributed by atoms with Crippen molar-refractivity contribution in [3.63, 3.8) is 0 Å². The van der Waals surface area contributed by atoms with E-state index in [4.69, 9.17) is 4.79 Å². The third kappa shape index (κ3) is 10.3. The lowest BCUT2D eigenvalue weighted by Crippen LogP contribution is -2.51. The van der Waals surface area contributed by atoms with Crippen LogP contribution in [0.3, 0.4) is 0 Å². The first kappa shape index (κ1) is 33.4. The smallest absolute Gasteiger partial charge is 0.337 e. The Kier molecular flexibility index (Phi) is 13.3. The number of esters is 1. The molecule has 11 nitrogen and oxygen atoms in total. The number of nitrogens with one attached hydrogen (secondary N) is 5. The van der Waals surface area contributed by atoms with Gasteiger partial charge in [0.2, 0.25) is 5.91 Å². The van der Waals surface area contributed by atoms with Crippen molar-refractivity contribution in [3.05, 3.63) is 76.7 Å². The Morgan fingerprint density at radius 2 is 1.88 bits per heavy atom. The number of benzene rings is 2. The highest BCUT2D eigenvalue weighted by molar-refractivity contribution is 7.13. The van der Waals surface area contributed by atoms with E-state index in [1.54, 1.807) is 18.4 Å². The molecule has 3 aromatic rings. The quantitative estimate of drug-likeness (QED) is 0.126. The van der Waals surface area contributed by atoms with Crippen molar-refractivity contribution in [1.29, 1.82) is 0 Å². The number of hydrogen-bond donors (Lipinski definition) is 5. The Hall–Kier alpha value is -4.10. The molecule has 2 unspecified atom stereocenters. The van der Waals surface area contributed by atoms with Crippen molar-refractivity contribution in [2.24, 2.45) is 0 Å². The van der Waals surface area contributed by atoms with Crippen LogP contribution in [0.5, 0.6) is 0 Å². The lowest BCUT2D eigenvalue weighted by molar-refractivity contribution is -0.142. The van der Waals surface area contributed by atoms with E-state index in [2.05, 4.69) is 59.9 Å². The predicted molar refractivity (Wildman–Crippen MR) is 167 cm³/mol. The fourth-order valence-corrected chi connectivity index (χ4v) is 4.97. The van der Waals surface area contributed by atoms with Crippen LogP contribution in [0.4, 0.5) is 5.69 Å². The van der Waals surface area contributed by atoms with Crippen LogP contribution in [0.1, 0.15) is 40.9 Å². The minimum Gasteiger partial charge on any atom is -0.467 e. The number of aryl methyl sites for hydroxylation is 1. The summed E-state index contributed by atoms with van der Waals surface area (Å²) < 4.78 is 8.90. The average Bonchev–Trinajstić information content (AvgIpc) is 3.72. The van der Waals surface area contributed by atoms with Crippen LogP contribution >= 0.6 is 11.3 Å². The van der Waals surface area contributed by atoms with Gasteiger partial charge in [-0.15, -0.1) is 11.3 Å². The maximum absolute atomic E-state index is 13.4. The first-order valence-corrected chi connectivity index (χ1v) is 14.7. The van der Waals surface area contributed by atoms with Gasteiger partial charge in [0.15, 0.2) is 6.10 Å². The van der Waals surface area contributed by atoms with Gasteiger partial charge >= 0.3 is 5.97 Å². The summed E-state index contributed by atoms with van der Waals surface area (Å²) in [4.78, 5) is 44.8. The van der Waals surface area contributed by atoms with Crippen LogP contribution in [0.25, 0.3) is 10.4 Å². The molecule has 5 rings (SSSR count). The fourth-order valence-electron chi connectivity index (χ4n) is 4.25. The number of methoxy groups -OCH3 is 1. The van der Waals surface area contributed by atoms with Crippen molar-refractivity contribution in [3.8, 4) is 10.4 Å².